The molecule has 0 rings (SSSR count). The van der Waals surface area contributed by atoms with Crippen LogP contribution in [0.5, 0.6) is 0 Å². The Morgan fingerprint density at radius 2 is 1.77 bits per heavy atom. The molecular weight excluding hydrogens is 200 g/mol. The summed E-state index contributed by atoms with van der Waals surface area (Å²) in [4.78, 5) is 0.340. The molecule has 80 valence electrons. The lowest BCUT2D eigenvalue weighted by molar-refractivity contribution is 0.274. The van der Waals surface area contributed by atoms with Crippen molar-refractivity contribution in [1.29, 1.82) is 0 Å². The van der Waals surface area contributed by atoms with Crippen molar-refractivity contribution in [2.45, 2.75) is 43.9 Å². The topological polar surface area (TPSA) is 18.5 Å². The third-order valence-corrected chi connectivity index (χ3v) is 5.01. The van der Waals surface area contributed by atoms with Crippen LogP contribution in [0, 0.1) is 0 Å². The van der Waals surface area contributed by atoms with Crippen molar-refractivity contribution in [3.8, 4) is 0 Å². The molecule has 1 atom stereocenters. The van der Waals surface area contributed by atoms with Gasteiger partial charge in [-0.15, -0.1) is 0 Å². The second-order valence-corrected chi connectivity index (χ2v) is 6.97. The molecule has 0 heterocycles. The summed E-state index contributed by atoms with van der Waals surface area (Å²) >= 11 is 4.50. The lowest BCUT2D eigenvalue weighted by Gasteiger charge is -2.17. The summed E-state index contributed by atoms with van der Waals surface area (Å²) in [6.45, 7) is 2.22. The second kappa shape index (κ2) is 9.06. The van der Waals surface area contributed by atoms with Gasteiger partial charge in [-0.1, -0.05) is 32.6 Å². The normalized spacial score (nSPS) is 13.6. The van der Waals surface area contributed by atoms with Crippen LogP contribution in [0.3, 0.4) is 0 Å². The first kappa shape index (κ1) is 13.5. The van der Waals surface area contributed by atoms with E-state index in [1.165, 1.54) is 25.7 Å². The van der Waals surface area contributed by atoms with Crippen LogP contribution in [-0.2, 0) is 8.85 Å². The van der Waals surface area contributed by atoms with Crippen molar-refractivity contribution >= 4 is 21.9 Å². The molecule has 0 spiro atoms. The summed E-state index contributed by atoms with van der Waals surface area (Å²) in [6.07, 6.45) is 6.29. The first-order chi connectivity index (χ1) is 6.26. The zero-order valence-corrected chi connectivity index (χ0v) is 11.0. The van der Waals surface area contributed by atoms with Gasteiger partial charge in [-0.05, 0) is 6.42 Å². The highest BCUT2D eigenvalue weighted by Crippen LogP contribution is 2.13. The van der Waals surface area contributed by atoms with Gasteiger partial charge in [0.2, 0.25) is 0 Å². The van der Waals surface area contributed by atoms with Crippen LogP contribution in [0.4, 0.5) is 0 Å². The number of rotatable bonds is 8. The molecule has 0 fully saturated rings. The molecule has 13 heavy (non-hydrogen) atoms. The van der Waals surface area contributed by atoms with Crippen LogP contribution in [0.2, 0.25) is 0 Å². The SMILES string of the molecule is CCCCCCC(S)[SiH](OC)OC. The van der Waals surface area contributed by atoms with Gasteiger partial charge in [0.1, 0.15) is 0 Å². The van der Waals surface area contributed by atoms with Gasteiger partial charge in [-0.3, -0.25) is 0 Å². The summed E-state index contributed by atoms with van der Waals surface area (Å²) in [5.41, 5.74) is 0. The first-order valence-electron chi connectivity index (χ1n) is 4.99. The van der Waals surface area contributed by atoms with Gasteiger partial charge in [0.15, 0.2) is 0 Å². The fourth-order valence-electron chi connectivity index (χ4n) is 1.33. The maximum atomic E-state index is 5.26. The molecule has 0 aromatic heterocycles. The zero-order valence-electron chi connectivity index (χ0n) is 8.95. The number of unbranched alkanes of at least 4 members (excludes halogenated alkanes) is 3. The van der Waals surface area contributed by atoms with E-state index in [4.69, 9.17) is 8.85 Å². The number of thiol groups is 1. The highest BCUT2D eigenvalue weighted by Gasteiger charge is 2.19. The summed E-state index contributed by atoms with van der Waals surface area (Å²) in [6, 6.07) is 0. The highest BCUT2D eigenvalue weighted by atomic mass is 32.1. The maximum Gasteiger partial charge on any atom is 0.334 e. The van der Waals surface area contributed by atoms with Gasteiger partial charge in [0.25, 0.3) is 0 Å². The van der Waals surface area contributed by atoms with Crippen LogP contribution in [0.15, 0.2) is 0 Å². The van der Waals surface area contributed by atoms with Gasteiger partial charge < -0.3 is 8.85 Å². The Bertz CT molecular complexity index is 110. The Morgan fingerprint density at radius 1 is 1.15 bits per heavy atom. The molecular formula is C9H22O2SSi. The Morgan fingerprint density at radius 3 is 2.23 bits per heavy atom. The Labute approximate surface area is 89.3 Å². The van der Waals surface area contributed by atoms with Crippen molar-refractivity contribution in [2.24, 2.45) is 0 Å². The Balaban J connectivity index is 3.42. The summed E-state index contributed by atoms with van der Waals surface area (Å²) in [5.74, 6) is 0. The molecule has 0 N–H and O–H groups in total. The van der Waals surface area contributed by atoms with Crippen molar-refractivity contribution in [1.82, 2.24) is 0 Å². The van der Waals surface area contributed by atoms with E-state index < -0.39 is 9.28 Å². The van der Waals surface area contributed by atoms with Crippen molar-refractivity contribution < 1.29 is 8.85 Å². The molecule has 0 amide bonds. The highest BCUT2D eigenvalue weighted by molar-refractivity contribution is 7.82. The minimum atomic E-state index is -1.47. The van der Waals surface area contributed by atoms with Gasteiger partial charge in [0, 0.05) is 19.1 Å². The van der Waals surface area contributed by atoms with Crippen molar-refractivity contribution in [3.05, 3.63) is 0 Å². The van der Waals surface area contributed by atoms with Gasteiger partial charge in [-0.2, -0.15) is 12.6 Å². The van der Waals surface area contributed by atoms with Gasteiger partial charge in [0.05, 0.1) is 0 Å². The molecule has 0 bridgehead atoms. The molecule has 1 unspecified atom stereocenters. The summed E-state index contributed by atoms with van der Waals surface area (Å²) in [7, 11) is 1.96. The number of hydrogen-bond donors (Lipinski definition) is 1. The van der Waals surface area contributed by atoms with Gasteiger partial charge >= 0.3 is 9.28 Å². The van der Waals surface area contributed by atoms with Crippen LogP contribution >= 0.6 is 12.6 Å². The second-order valence-electron chi connectivity index (χ2n) is 3.26. The predicted molar refractivity (Wildman–Crippen MR) is 62.7 cm³/mol. The van der Waals surface area contributed by atoms with E-state index in [1.807, 2.05) is 0 Å². The van der Waals surface area contributed by atoms with Gasteiger partial charge in [-0.25, -0.2) is 0 Å². The molecule has 0 radical (unpaired) electrons. The lowest BCUT2D eigenvalue weighted by atomic mass is 10.2. The molecule has 0 aliphatic carbocycles. The molecule has 0 saturated heterocycles. The third kappa shape index (κ3) is 6.54. The summed E-state index contributed by atoms with van der Waals surface area (Å²) in [5, 5.41) is 0. The Hall–Kier alpha value is 0.487. The smallest absolute Gasteiger partial charge is 0.334 e. The molecule has 4 heteroatoms. The molecule has 0 saturated carbocycles. The van der Waals surface area contributed by atoms with E-state index >= 15 is 0 Å². The minimum absolute atomic E-state index is 0.340. The predicted octanol–water partition coefficient (Wildman–Crippen LogP) is 2.31. The monoisotopic (exact) mass is 222 g/mol. The van der Waals surface area contributed by atoms with Crippen LogP contribution in [0.25, 0.3) is 0 Å². The molecule has 0 aliphatic rings. The molecule has 0 aromatic carbocycles. The third-order valence-electron chi connectivity index (χ3n) is 2.13. The lowest BCUT2D eigenvalue weighted by Crippen LogP contribution is -2.31. The summed E-state index contributed by atoms with van der Waals surface area (Å²) < 4.78 is 10.5. The van der Waals surface area contributed by atoms with E-state index in [1.54, 1.807) is 14.2 Å². The maximum absolute atomic E-state index is 5.26. The Kier molecular flexibility index (Phi) is 9.40. The molecule has 0 aromatic rings. The van der Waals surface area contributed by atoms with E-state index in [9.17, 15) is 0 Å². The minimum Gasteiger partial charge on any atom is -0.399 e. The van der Waals surface area contributed by atoms with Crippen molar-refractivity contribution in [3.63, 3.8) is 0 Å². The van der Waals surface area contributed by atoms with Crippen LogP contribution in [0.1, 0.15) is 39.0 Å². The van der Waals surface area contributed by atoms with E-state index in [-0.39, 0.29) is 0 Å². The van der Waals surface area contributed by atoms with E-state index in [0.717, 1.165) is 6.42 Å². The largest absolute Gasteiger partial charge is 0.399 e. The average Bonchev–Trinajstić information content (AvgIpc) is 2.14. The number of hydrogen-bond acceptors (Lipinski definition) is 3. The molecule has 2 nitrogen and oxygen atoms in total. The fourth-order valence-corrected chi connectivity index (χ4v) is 3.57. The fraction of sp³-hybridized carbons (Fsp3) is 1.00. The average molecular weight is 222 g/mol. The quantitative estimate of drug-likeness (QED) is 0.386. The van der Waals surface area contributed by atoms with E-state index in [0.29, 0.717) is 4.87 Å². The van der Waals surface area contributed by atoms with Crippen LogP contribution < -0.4 is 0 Å². The first-order valence-corrected chi connectivity index (χ1v) is 7.12. The molecule has 0 aliphatic heterocycles. The van der Waals surface area contributed by atoms with Crippen LogP contribution in [-0.4, -0.2) is 28.4 Å². The van der Waals surface area contributed by atoms with Crippen molar-refractivity contribution in [2.75, 3.05) is 14.2 Å². The zero-order chi connectivity index (χ0) is 10.1. The van der Waals surface area contributed by atoms with E-state index in [2.05, 4.69) is 19.6 Å². The standard InChI is InChI=1S/C9H22O2SSi/c1-4-5-6-7-8-9(12)13(10-2)11-3/h9,12-13H,4-8H2,1-3H3.